The highest BCUT2D eigenvalue weighted by atomic mass is 15.3. The Bertz CT molecular complexity index is 201. The number of rotatable bonds is 1. The fraction of sp³-hybridized carbons (Fsp3) is 0. The van der Waals surface area contributed by atoms with E-state index >= 15 is 0 Å². The van der Waals surface area contributed by atoms with Crippen LogP contribution in [-0.2, 0) is 0 Å². The van der Waals surface area contributed by atoms with Gasteiger partial charge in [0.2, 0.25) is 0 Å². The van der Waals surface area contributed by atoms with Crippen LogP contribution in [0.3, 0.4) is 0 Å². The highest BCUT2D eigenvalue weighted by Crippen LogP contribution is 1.84. The van der Waals surface area contributed by atoms with Crippen molar-refractivity contribution in [3.8, 4) is 0 Å². The summed E-state index contributed by atoms with van der Waals surface area (Å²) in [4.78, 5) is 3.72. The van der Waals surface area contributed by atoms with E-state index in [0.717, 1.165) is 0 Å². The Hall–Kier alpha value is -1.45. The molecule has 1 heterocycles. The minimum Gasteiger partial charge on any atom is -0.296 e. The Labute approximate surface area is 52.5 Å². The summed E-state index contributed by atoms with van der Waals surface area (Å²) >= 11 is 0. The molecule has 0 aromatic heterocycles. The molecule has 0 fully saturated rings. The number of hydrogen-bond donors (Lipinski definition) is 2. The molecule has 0 aromatic carbocycles. The van der Waals surface area contributed by atoms with E-state index in [4.69, 9.17) is 5.41 Å². The molecule has 0 bridgehead atoms. The summed E-state index contributed by atoms with van der Waals surface area (Å²) in [5.74, 6) is 0.449. The minimum absolute atomic E-state index is 0.287. The van der Waals surface area contributed by atoms with Crippen LogP contribution in [0.15, 0.2) is 22.9 Å². The van der Waals surface area contributed by atoms with Crippen molar-refractivity contribution >= 4 is 17.8 Å². The van der Waals surface area contributed by atoms with Gasteiger partial charge in [0, 0.05) is 6.20 Å². The minimum atomic E-state index is 0.287. The average molecular weight is 122 g/mol. The van der Waals surface area contributed by atoms with Crippen LogP contribution in [0.5, 0.6) is 0 Å². The van der Waals surface area contributed by atoms with Gasteiger partial charge < -0.3 is 0 Å². The Balaban J connectivity index is 2.77. The van der Waals surface area contributed by atoms with E-state index in [2.05, 4.69) is 22.1 Å². The molecule has 0 saturated carbocycles. The van der Waals surface area contributed by atoms with E-state index in [1.807, 2.05) is 0 Å². The van der Waals surface area contributed by atoms with Crippen LogP contribution < -0.4 is 5.43 Å². The maximum atomic E-state index is 7.12. The largest absolute Gasteiger partial charge is 0.296 e. The van der Waals surface area contributed by atoms with Crippen LogP contribution in [-0.4, -0.2) is 17.8 Å². The number of nitrogens with one attached hydrogen (secondary N) is 2. The molecule has 0 saturated heterocycles. The van der Waals surface area contributed by atoms with E-state index in [1.165, 1.54) is 12.4 Å². The summed E-state index contributed by atoms with van der Waals surface area (Å²) < 4.78 is 0. The van der Waals surface area contributed by atoms with Gasteiger partial charge in [0.25, 0.3) is 0 Å². The van der Waals surface area contributed by atoms with E-state index < -0.39 is 0 Å². The van der Waals surface area contributed by atoms with Crippen molar-refractivity contribution in [2.45, 2.75) is 0 Å². The van der Waals surface area contributed by atoms with E-state index in [0.29, 0.717) is 5.84 Å². The van der Waals surface area contributed by atoms with Crippen molar-refractivity contribution in [3.05, 3.63) is 12.8 Å². The van der Waals surface area contributed by atoms with Crippen LogP contribution in [0, 0.1) is 5.41 Å². The summed E-state index contributed by atoms with van der Waals surface area (Å²) in [6.07, 6.45) is 2.76. The van der Waals surface area contributed by atoms with Crippen LogP contribution in [0.1, 0.15) is 0 Å². The Morgan fingerprint density at radius 1 is 1.89 bits per heavy atom. The summed E-state index contributed by atoms with van der Waals surface area (Å²) in [7, 11) is 0. The quantitative estimate of drug-likeness (QED) is 0.510. The van der Waals surface area contributed by atoms with Crippen LogP contribution in [0.25, 0.3) is 0 Å². The lowest BCUT2D eigenvalue weighted by Gasteiger charge is -1.89. The molecule has 4 nitrogen and oxygen atoms in total. The zero-order valence-corrected chi connectivity index (χ0v) is 4.76. The Morgan fingerprint density at radius 2 is 2.67 bits per heavy atom. The molecule has 1 rings (SSSR count). The zero-order valence-electron chi connectivity index (χ0n) is 4.76. The lowest BCUT2D eigenvalue weighted by atomic mass is 10.4. The second kappa shape index (κ2) is 2.21. The van der Waals surface area contributed by atoms with Gasteiger partial charge in [-0.3, -0.25) is 10.8 Å². The van der Waals surface area contributed by atoms with Crippen LogP contribution in [0.2, 0.25) is 0 Å². The first-order chi connectivity index (χ1) is 4.34. The third-order valence-corrected chi connectivity index (χ3v) is 0.840. The van der Waals surface area contributed by atoms with Gasteiger partial charge in [-0.2, -0.15) is 5.10 Å². The average Bonchev–Trinajstić information content (AvgIpc) is 2.18. The number of hydrazone groups is 1. The molecule has 0 spiro atoms. The Kier molecular flexibility index (Phi) is 1.40. The van der Waals surface area contributed by atoms with E-state index in [1.54, 1.807) is 0 Å². The predicted octanol–water partition coefficient (Wildman–Crippen LogP) is 0.137. The van der Waals surface area contributed by atoms with Gasteiger partial charge in [-0.25, -0.2) is 4.99 Å². The molecule has 1 aliphatic rings. The van der Waals surface area contributed by atoms with Crippen molar-refractivity contribution in [3.63, 3.8) is 0 Å². The molecule has 0 radical (unpaired) electrons. The lowest BCUT2D eigenvalue weighted by Crippen LogP contribution is -2.18. The maximum absolute atomic E-state index is 7.12. The molecule has 0 unspecified atom stereocenters. The topological polar surface area (TPSA) is 60.6 Å². The molecule has 9 heavy (non-hydrogen) atoms. The highest BCUT2D eigenvalue weighted by Gasteiger charge is 2.07. The van der Waals surface area contributed by atoms with Crippen molar-refractivity contribution in [2.75, 3.05) is 0 Å². The van der Waals surface area contributed by atoms with Gasteiger partial charge in [-0.1, -0.05) is 6.58 Å². The maximum Gasteiger partial charge on any atom is 0.173 e. The molecule has 46 valence electrons. The van der Waals surface area contributed by atoms with E-state index in [-0.39, 0.29) is 5.71 Å². The summed E-state index contributed by atoms with van der Waals surface area (Å²) in [6, 6.07) is 0. The molecule has 0 amide bonds. The first-order valence-corrected chi connectivity index (χ1v) is 2.41. The first-order valence-electron chi connectivity index (χ1n) is 2.41. The standard InChI is InChI=1S/C5H6N4/c1-2-7-5-4(6)3-8-9-5/h2-3H,1H2,(H2,6,7,9). The third kappa shape index (κ3) is 1.02. The fourth-order valence-corrected chi connectivity index (χ4v) is 0.469. The number of aliphatic imine (C=N–C) groups is 1. The lowest BCUT2D eigenvalue weighted by molar-refractivity contribution is 1.06. The molecular weight excluding hydrogens is 116 g/mol. The first kappa shape index (κ1) is 5.68. The zero-order chi connectivity index (χ0) is 6.69. The molecular formula is C5H6N4. The summed E-state index contributed by atoms with van der Waals surface area (Å²) in [6.45, 7) is 3.38. The number of hydrogen-bond acceptors (Lipinski definition) is 3. The van der Waals surface area contributed by atoms with Crippen molar-refractivity contribution < 1.29 is 0 Å². The summed E-state index contributed by atoms with van der Waals surface area (Å²) in [5.41, 5.74) is 2.82. The molecule has 0 aromatic rings. The van der Waals surface area contributed by atoms with Gasteiger partial charge in [0.05, 0.1) is 6.21 Å². The van der Waals surface area contributed by atoms with Crippen molar-refractivity contribution in [2.24, 2.45) is 10.1 Å². The van der Waals surface area contributed by atoms with Crippen LogP contribution >= 0.6 is 0 Å². The molecule has 1 aliphatic heterocycles. The molecule has 0 aliphatic carbocycles. The Morgan fingerprint density at radius 3 is 3.11 bits per heavy atom. The molecule has 0 atom stereocenters. The SMILES string of the molecule is C=CN=C1NN=CC1=N. The predicted molar refractivity (Wildman–Crippen MR) is 37.0 cm³/mol. The second-order valence-electron chi connectivity index (χ2n) is 1.44. The highest BCUT2D eigenvalue weighted by molar-refractivity contribution is 6.63. The van der Waals surface area contributed by atoms with Gasteiger partial charge in [0.1, 0.15) is 5.71 Å². The smallest absolute Gasteiger partial charge is 0.173 e. The number of nitrogens with zero attached hydrogens (tertiary/aromatic N) is 2. The van der Waals surface area contributed by atoms with Crippen LogP contribution in [0.4, 0.5) is 0 Å². The van der Waals surface area contributed by atoms with Gasteiger partial charge in [-0.15, -0.1) is 0 Å². The van der Waals surface area contributed by atoms with Crippen molar-refractivity contribution in [1.82, 2.24) is 5.43 Å². The normalized spacial score (nSPS) is 20.4. The van der Waals surface area contributed by atoms with E-state index in [9.17, 15) is 0 Å². The summed E-state index contributed by atoms with van der Waals surface area (Å²) in [5, 5.41) is 10.7. The van der Waals surface area contributed by atoms with Gasteiger partial charge in [0.15, 0.2) is 5.84 Å². The van der Waals surface area contributed by atoms with Crippen molar-refractivity contribution in [1.29, 1.82) is 5.41 Å². The molecule has 2 N–H and O–H groups in total. The van der Waals surface area contributed by atoms with Gasteiger partial charge >= 0.3 is 0 Å². The second-order valence-corrected chi connectivity index (χ2v) is 1.44. The fourth-order valence-electron chi connectivity index (χ4n) is 0.469. The third-order valence-electron chi connectivity index (χ3n) is 0.840. The monoisotopic (exact) mass is 122 g/mol. The number of amidine groups is 1. The van der Waals surface area contributed by atoms with Gasteiger partial charge in [-0.05, 0) is 0 Å². The molecule has 4 heteroatoms.